The molecule has 0 saturated carbocycles. The fraction of sp³-hybridized carbons (Fsp3) is 0.100. The lowest BCUT2D eigenvalue weighted by atomic mass is 10.2. The van der Waals surface area contributed by atoms with Crippen molar-refractivity contribution in [1.82, 2.24) is 9.97 Å². The number of aryl methyl sites for hydroxylation is 1. The molecule has 0 radical (unpaired) electrons. The fourth-order valence-electron chi connectivity index (χ4n) is 1.24. The number of nitrogens with two attached hydrogens (primary N) is 1. The highest BCUT2D eigenvalue weighted by atomic mass is 32.1. The molecule has 2 aromatic rings. The first-order valence-corrected chi connectivity index (χ1v) is 5.82. The second-order valence-corrected chi connectivity index (χ2v) is 4.86. The molecule has 0 unspecified atom stereocenters. The van der Waals surface area contributed by atoms with Crippen molar-refractivity contribution in [1.29, 1.82) is 0 Å². The molecule has 0 bridgehead atoms. The Bertz CT molecular complexity index is 521. The summed E-state index contributed by atoms with van der Waals surface area (Å²) in [5.74, 6) is 0. The third-order valence-corrected chi connectivity index (χ3v) is 3.00. The molecule has 2 aromatic heterocycles. The standard InChI is InChI=1S/C10H10N4S2/c1-6-4-13-10(16-6)14-8-5-12-3-2-7(8)9(11)15/h2-5H,1H3,(H2,11,15)(H,13,14). The lowest BCUT2D eigenvalue weighted by Crippen LogP contribution is -2.12. The van der Waals surface area contributed by atoms with Crippen LogP contribution < -0.4 is 11.1 Å². The van der Waals surface area contributed by atoms with E-state index in [1.165, 1.54) is 0 Å². The van der Waals surface area contributed by atoms with Crippen molar-refractivity contribution in [2.75, 3.05) is 5.32 Å². The van der Waals surface area contributed by atoms with E-state index in [-0.39, 0.29) is 0 Å². The van der Waals surface area contributed by atoms with Crippen LogP contribution in [0.15, 0.2) is 24.7 Å². The number of thiocarbonyl (C=S) groups is 1. The number of hydrogen-bond acceptors (Lipinski definition) is 5. The van der Waals surface area contributed by atoms with Gasteiger partial charge in [0, 0.05) is 22.8 Å². The van der Waals surface area contributed by atoms with Gasteiger partial charge < -0.3 is 11.1 Å². The number of nitrogens with one attached hydrogen (secondary N) is 1. The van der Waals surface area contributed by atoms with Crippen LogP contribution in [-0.2, 0) is 0 Å². The van der Waals surface area contributed by atoms with E-state index in [9.17, 15) is 0 Å². The maximum Gasteiger partial charge on any atom is 0.187 e. The van der Waals surface area contributed by atoms with Crippen LogP contribution in [0.25, 0.3) is 0 Å². The Morgan fingerprint density at radius 3 is 2.94 bits per heavy atom. The molecule has 0 spiro atoms. The van der Waals surface area contributed by atoms with Gasteiger partial charge in [-0.3, -0.25) is 4.98 Å². The van der Waals surface area contributed by atoms with Crippen molar-refractivity contribution >= 4 is 39.4 Å². The van der Waals surface area contributed by atoms with Crippen LogP contribution in [0.4, 0.5) is 10.8 Å². The summed E-state index contributed by atoms with van der Waals surface area (Å²) in [6.45, 7) is 2.00. The maximum atomic E-state index is 5.62. The van der Waals surface area contributed by atoms with Gasteiger partial charge in [0.1, 0.15) is 4.99 Å². The summed E-state index contributed by atoms with van der Waals surface area (Å²) in [6.07, 6.45) is 5.15. The smallest absolute Gasteiger partial charge is 0.187 e. The van der Waals surface area contributed by atoms with Crippen molar-refractivity contribution in [2.24, 2.45) is 5.73 Å². The summed E-state index contributed by atoms with van der Waals surface area (Å²) in [5.41, 5.74) is 7.18. The molecule has 0 fully saturated rings. The van der Waals surface area contributed by atoms with Gasteiger partial charge in [-0.05, 0) is 13.0 Å². The third kappa shape index (κ3) is 2.34. The number of anilines is 2. The summed E-state index contributed by atoms with van der Waals surface area (Å²) in [6, 6.07) is 1.78. The Morgan fingerprint density at radius 2 is 2.31 bits per heavy atom. The molecule has 0 amide bonds. The monoisotopic (exact) mass is 250 g/mol. The predicted octanol–water partition coefficient (Wildman–Crippen LogP) is 2.22. The average molecular weight is 250 g/mol. The van der Waals surface area contributed by atoms with Crippen molar-refractivity contribution < 1.29 is 0 Å². The first kappa shape index (κ1) is 11.0. The van der Waals surface area contributed by atoms with Crippen molar-refractivity contribution in [3.05, 3.63) is 35.1 Å². The maximum absolute atomic E-state index is 5.62. The first-order chi connectivity index (χ1) is 7.66. The molecule has 2 heterocycles. The van der Waals surface area contributed by atoms with E-state index in [2.05, 4.69) is 15.3 Å². The molecule has 4 nitrogen and oxygen atoms in total. The van der Waals surface area contributed by atoms with E-state index in [1.807, 2.05) is 13.1 Å². The molecule has 0 atom stereocenters. The number of hydrogen-bond donors (Lipinski definition) is 2. The quantitative estimate of drug-likeness (QED) is 0.818. The highest BCUT2D eigenvalue weighted by Crippen LogP contribution is 2.23. The normalized spacial score (nSPS) is 10.1. The summed E-state index contributed by atoms with van der Waals surface area (Å²) in [5, 5.41) is 3.96. The molecule has 0 aliphatic carbocycles. The van der Waals surface area contributed by atoms with Gasteiger partial charge in [0.15, 0.2) is 5.13 Å². The van der Waals surface area contributed by atoms with Crippen LogP contribution in [0.3, 0.4) is 0 Å². The Balaban J connectivity index is 2.31. The van der Waals surface area contributed by atoms with E-state index in [0.29, 0.717) is 4.99 Å². The molecule has 6 heteroatoms. The van der Waals surface area contributed by atoms with Crippen LogP contribution in [-0.4, -0.2) is 15.0 Å². The topological polar surface area (TPSA) is 63.8 Å². The largest absolute Gasteiger partial charge is 0.389 e. The average Bonchev–Trinajstić information content (AvgIpc) is 2.64. The third-order valence-electron chi connectivity index (χ3n) is 1.95. The molecule has 3 N–H and O–H groups in total. The minimum atomic E-state index is 0.346. The molecule has 0 saturated heterocycles. The highest BCUT2D eigenvalue weighted by Gasteiger charge is 2.06. The zero-order chi connectivity index (χ0) is 11.5. The van der Waals surface area contributed by atoms with Crippen molar-refractivity contribution in [2.45, 2.75) is 6.92 Å². The van der Waals surface area contributed by atoms with Gasteiger partial charge in [-0.1, -0.05) is 12.2 Å². The second-order valence-electron chi connectivity index (χ2n) is 3.19. The van der Waals surface area contributed by atoms with E-state index in [0.717, 1.165) is 21.3 Å². The van der Waals surface area contributed by atoms with E-state index in [4.69, 9.17) is 18.0 Å². The zero-order valence-electron chi connectivity index (χ0n) is 8.60. The minimum absolute atomic E-state index is 0.346. The Labute approximate surface area is 103 Å². The SMILES string of the molecule is Cc1cnc(Nc2cnccc2C(N)=S)s1. The van der Waals surface area contributed by atoms with Gasteiger partial charge in [0.05, 0.1) is 11.9 Å². The van der Waals surface area contributed by atoms with E-state index in [1.54, 1.807) is 29.8 Å². The van der Waals surface area contributed by atoms with Crippen LogP contribution in [0.1, 0.15) is 10.4 Å². The number of pyridine rings is 1. The van der Waals surface area contributed by atoms with Gasteiger partial charge in [0.2, 0.25) is 0 Å². The molecule has 82 valence electrons. The molecule has 0 aliphatic rings. The van der Waals surface area contributed by atoms with Crippen LogP contribution in [0.2, 0.25) is 0 Å². The van der Waals surface area contributed by atoms with Crippen molar-refractivity contribution in [3.63, 3.8) is 0 Å². The number of nitrogens with zero attached hydrogens (tertiary/aromatic N) is 2. The van der Waals surface area contributed by atoms with Gasteiger partial charge >= 0.3 is 0 Å². The summed E-state index contributed by atoms with van der Waals surface area (Å²) in [7, 11) is 0. The minimum Gasteiger partial charge on any atom is -0.389 e. The molecule has 2 rings (SSSR count). The number of thiazole rings is 1. The van der Waals surface area contributed by atoms with Crippen LogP contribution in [0, 0.1) is 6.92 Å². The zero-order valence-corrected chi connectivity index (χ0v) is 10.2. The molecule has 0 aliphatic heterocycles. The lowest BCUT2D eigenvalue weighted by molar-refractivity contribution is 1.30. The fourth-order valence-corrected chi connectivity index (χ4v) is 2.09. The van der Waals surface area contributed by atoms with E-state index >= 15 is 0 Å². The molecular weight excluding hydrogens is 240 g/mol. The number of aromatic nitrogens is 2. The molecule has 0 aromatic carbocycles. The van der Waals surface area contributed by atoms with Gasteiger partial charge in [-0.15, -0.1) is 11.3 Å². The summed E-state index contributed by atoms with van der Waals surface area (Å²) >= 11 is 6.53. The molecule has 16 heavy (non-hydrogen) atoms. The highest BCUT2D eigenvalue weighted by molar-refractivity contribution is 7.80. The van der Waals surface area contributed by atoms with E-state index < -0.39 is 0 Å². The lowest BCUT2D eigenvalue weighted by Gasteiger charge is -2.07. The first-order valence-electron chi connectivity index (χ1n) is 4.60. The van der Waals surface area contributed by atoms with Gasteiger partial charge in [0.25, 0.3) is 0 Å². The van der Waals surface area contributed by atoms with Gasteiger partial charge in [-0.2, -0.15) is 0 Å². The van der Waals surface area contributed by atoms with Crippen LogP contribution >= 0.6 is 23.6 Å². The molecular formula is C10H10N4S2. The Kier molecular flexibility index (Phi) is 3.12. The Hall–Kier alpha value is -1.53. The number of rotatable bonds is 3. The van der Waals surface area contributed by atoms with Crippen LogP contribution in [0.5, 0.6) is 0 Å². The summed E-state index contributed by atoms with van der Waals surface area (Å²) < 4.78 is 0. The van der Waals surface area contributed by atoms with Gasteiger partial charge in [-0.25, -0.2) is 4.98 Å². The summed E-state index contributed by atoms with van der Waals surface area (Å²) in [4.78, 5) is 9.72. The predicted molar refractivity (Wildman–Crippen MR) is 70.3 cm³/mol. The second kappa shape index (κ2) is 4.54. The van der Waals surface area contributed by atoms with Crippen molar-refractivity contribution in [3.8, 4) is 0 Å². The Morgan fingerprint density at radius 1 is 1.50 bits per heavy atom.